The highest BCUT2D eigenvalue weighted by molar-refractivity contribution is 5.99. The number of anilines is 1. The number of piperazine rings is 1. The number of carbonyl (C=O) groups excluding carboxylic acids is 2. The van der Waals surface area contributed by atoms with Gasteiger partial charge in [-0.3, -0.25) is 4.79 Å². The molecule has 1 atom stereocenters. The lowest BCUT2D eigenvalue weighted by Gasteiger charge is -2.39. The molecule has 2 aromatic rings. The number of rotatable bonds is 9. The van der Waals surface area contributed by atoms with Gasteiger partial charge in [0.25, 0.3) is 0 Å². The largest absolute Gasteiger partial charge is 0.473 e. The van der Waals surface area contributed by atoms with Gasteiger partial charge in [0, 0.05) is 43.2 Å². The summed E-state index contributed by atoms with van der Waals surface area (Å²) < 4.78 is 11.4. The van der Waals surface area contributed by atoms with Crippen molar-refractivity contribution in [2.45, 2.75) is 59.1 Å². The number of ketones is 1. The third kappa shape index (κ3) is 5.88. The van der Waals surface area contributed by atoms with E-state index in [4.69, 9.17) is 14.5 Å². The molecular formula is C27H35N3O4. The van der Waals surface area contributed by atoms with Crippen LogP contribution in [0.1, 0.15) is 61.0 Å². The summed E-state index contributed by atoms with van der Waals surface area (Å²) in [7, 11) is 0. The number of hydrogen-bond acceptors (Lipinski definition) is 6. The molecule has 2 aliphatic rings. The highest BCUT2D eigenvalue weighted by atomic mass is 16.6. The Morgan fingerprint density at radius 2 is 1.97 bits per heavy atom. The third-order valence-electron chi connectivity index (χ3n) is 6.57. The number of unbranched alkanes of at least 4 members (excludes halogenated alkanes) is 1. The van der Waals surface area contributed by atoms with Gasteiger partial charge in [-0.25, -0.2) is 4.79 Å². The van der Waals surface area contributed by atoms with E-state index in [1.54, 1.807) is 4.90 Å². The molecule has 1 saturated carbocycles. The molecule has 7 nitrogen and oxygen atoms in total. The molecule has 0 radical (unpaired) electrons. The van der Waals surface area contributed by atoms with Crippen LogP contribution in [0.3, 0.4) is 0 Å². The fourth-order valence-electron chi connectivity index (χ4n) is 4.23. The molecular weight excluding hydrogens is 430 g/mol. The summed E-state index contributed by atoms with van der Waals surface area (Å²) in [5.41, 5.74) is 2.90. The molecule has 1 aromatic heterocycles. The molecule has 34 heavy (non-hydrogen) atoms. The first kappa shape index (κ1) is 24.0. The lowest BCUT2D eigenvalue weighted by atomic mass is 10.0. The number of aryl methyl sites for hydroxylation is 1. The summed E-state index contributed by atoms with van der Waals surface area (Å²) >= 11 is 0. The van der Waals surface area contributed by atoms with Crippen LogP contribution >= 0.6 is 0 Å². The number of ether oxygens (including phenoxy) is 2. The minimum absolute atomic E-state index is 0.0359. The maximum atomic E-state index is 12.4. The van der Waals surface area contributed by atoms with E-state index in [-0.39, 0.29) is 23.8 Å². The summed E-state index contributed by atoms with van der Waals surface area (Å²) in [5, 5.41) is 0. The van der Waals surface area contributed by atoms with Gasteiger partial charge < -0.3 is 19.3 Å². The molecule has 4 rings (SSSR count). The summed E-state index contributed by atoms with van der Waals surface area (Å²) in [4.78, 5) is 33.3. The number of nitrogens with zero attached hydrogens (tertiary/aromatic N) is 3. The Labute approximate surface area is 202 Å². The molecule has 2 heterocycles. The predicted molar refractivity (Wildman–Crippen MR) is 131 cm³/mol. The van der Waals surface area contributed by atoms with Crippen LogP contribution in [0.2, 0.25) is 0 Å². The van der Waals surface area contributed by atoms with E-state index in [9.17, 15) is 9.59 Å². The second-order valence-electron chi connectivity index (χ2n) is 9.36. The van der Waals surface area contributed by atoms with Crippen molar-refractivity contribution in [2.75, 3.05) is 31.1 Å². The molecule has 0 N–H and O–H groups in total. The highest BCUT2D eigenvalue weighted by Crippen LogP contribution is 2.33. The van der Waals surface area contributed by atoms with Crippen molar-refractivity contribution in [3.8, 4) is 5.88 Å². The third-order valence-corrected chi connectivity index (χ3v) is 6.57. The molecule has 2 fully saturated rings. The first-order valence-electron chi connectivity index (χ1n) is 12.4. The van der Waals surface area contributed by atoms with E-state index in [1.807, 2.05) is 50.2 Å². The van der Waals surface area contributed by atoms with E-state index < -0.39 is 0 Å². The fraction of sp³-hybridized carbons (Fsp3) is 0.519. The molecule has 0 bridgehead atoms. The van der Waals surface area contributed by atoms with E-state index in [0.29, 0.717) is 38.7 Å². The van der Waals surface area contributed by atoms with E-state index in [2.05, 4.69) is 11.8 Å². The zero-order chi connectivity index (χ0) is 24.1. The average Bonchev–Trinajstić information content (AvgIpc) is 3.68. The zero-order valence-corrected chi connectivity index (χ0v) is 20.5. The predicted octanol–water partition coefficient (Wildman–Crippen LogP) is 5.01. The van der Waals surface area contributed by atoms with Gasteiger partial charge in [-0.05, 0) is 56.4 Å². The Morgan fingerprint density at radius 1 is 1.15 bits per heavy atom. The van der Waals surface area contributed by atoms with Gasteiger partial charge in [0.1, 0.15) is 12.4 Å². The number of hydrogen-bond donors (Lipinski definition) is 0. The van der Waals surface area contributed by atoms with Crippen LogP contribution in [0.15, 0.2) is 36.4 Å². The topological polar surface area (TPSA) is 72.0 Å². The molecule has 1 aliphatic heterocycles. The van der Waals surface area contributed by atoms with Gasteiger partial charge in [-0.15, -0.1) is 0 Å². The Bertz CT molecular complexity index is 1020. The molecule has 0 spiro atoms. The Kier molecular flexibility index (Phi) is 7.70. The van der Waals surface area contributed by atoms with E-state index in [1.165, 1.54) is 0 Å². The summed E-state index contributed by atoms with van der Waals surface area (Å²) in [6.45, 7) is 8.98. The lowest BCUT2D eigenvalue weighted by Crippen LogP contribution is -2.54. The van der Waals surface area contributed by atoms with Gasteiger partial charge in [0.2, 0.25) is 5.88 Å². The number of pyridine rings is 1. The highest BCUT2D eigenvalue weighted by Gasteiger charge is 2.31. The van der Waals surface area contributed by atoms with E-state index in [0.717, 1.165) is 48.2 Å². The van der Waals surface area contributed by atoms with Gasteiger partial charge in [-0.2, -0.15) is 4.98 Å². The minimum atomic E-state index is -0.231. The van der Waals surface area contributed by atoms with Crippen LogP contribution in [0.5, 0.6) is 5.88 Å². The Balaban J connectivity index is 1.33. The van der Waals surface area contributed by atoms with Crippen molar-refractivity contribution in [1.82, 2.24) is 9.88 Å². The fourth-order valence-corrected chi connectivity index (χ4v) is 4.23. The maximum Gasteiger partial charge on any atom is 0.410 e. The lowest BCUT2D eigenvalue weighted by molar-refractivity contribution is 0.0838. The average molecular weight is 466 g/mol. The van der Waals surface area contributed by atoms with Crippen LogP contribution in [0.4, 0.5) is 10.6 Å². The first-order chi connectivity index (χ1) is 16.5. The second kappa shape index (κ2) is 10.9. The smallest absolute Gasteiger partial charge is 0.410 e. The van der Waals surface area contributed by atoms with Crippen LogP contribution in [-0.2, 0) is 11.3 Å². The zero-order valence-electron chi connectivity index (χ0n) is 20.5. The van der Waals surface area contributed by atoms with Crippen molar-refractivity contribution in [3.63, 3.8) is 0 Å². The summed E-state index contributed by atoms with van der Waals surface area (Å²) in [6.07, 6.45) is 3.69. The summed E-state index contributed by atoms with van der Waals surface area (Å²) in [6, 6.07) is 11.7. The SMILES string of the molecule is CCCCOC(=O)N1CCN(c2cccc(OCc3ccc(C(=O)C4CC4)cc3C)n2)CC1C. The molecule has 1 amide bonds. The van der Waals surface area contributed by atoms with Gasteiger partial charge in [-0.1, -0.05) is 31.5 Å². The Morgan fingerprint density at radius 3 is 2.68 bits per heavy atom. The Hall–Kier alpha value is -3.09. The van der Waals surface area contributed by atoms with Crippen molar-refractivity contribution >= 4 is 17.7 Å². The van der Waals surface area contributed by atoms with Crippen molar-refractivity contribution in [2.24, 2.45) is 5.92 Å². The van der Waals surface area contributed by atoms with Crippen molar-refractivity contribution in [1.29, 1.82) is 0 Å². The van der Waals surface area contributed by atoms with E-state index >= 15 is 0 Å². The van der Waals surface area contributed by atoms with Gasteiger partial charge in [0.15, 0.2) is 5.78 Å². The number of benzene rings is 1. The van der Waals surface area contributed by atoms with Crippen LogP contribution in [0, 0.1) is 12.8 Å². The van der Waals surface area contributed by atoms with Crippen LogP contribution < -0.4 is 9.64 Å². The molecule has 1 aromatic carbocycles. The van der Waals surface area contributed by atoms with Crippen LogP contribution in [0.25, 0.3) is 0 Å². The van der Waals surface area contributed by atoms with Crippen molar-refractivity contribution < 1.29 is 19.1 Å². The normalized spacial score (nSPS) is 18.0. The minimum Gasteiger partial charge on any atom is -0.473 e. The van der Waals surface area contributed by atoms with Crippen LogP contribution in [-0.4, -0.2) is 54.0 Å². The monoisotopic (exact) mass is 465 g/mol. The number of Topliss-reactive ketones (excluding diaryl/α,β-unsaturated/α-hetero) is 1. The maximum absolute atomic E-state index is 12.4. The van der Waals surface area contributed by atoms with Gasteiger partial charge >= 0.3 is 6.09 Å². The quantitative estimate of drug-likeness (QED) is 0.383. The first-order valence-corrected chi connectivity index (χ1v) is 12.4. The second-order valence-corrected chi connectivity index (χ2v) is 9.36. The number of aromatic nitrogens is 1. The summed E-state index contributed by atoms with van der Waals surface area (Å²) in [5.74, 6) is 1.88. The molecule has 1 aliphatic carbocycles. The van der Waals surface area contributed by atoms with Gasteiger partial charge in [0.05, 0.1) is 6.61 Å². The standard InChI is InChI=1S/C27H35N3O4/c1-4-5-15-33-27(32)30-14-13-29(17-20(30)3)24-7-6-8-25(28-24)34-18-23-12-11-22(16-19(23)2)26(31)21-9-10-21/h6-8,11-12,16,20-21H,4-5,9-10,13-15,17-18H2,1-3H3. The number of carbonyl (C=O) groups is 2. The number of amides is 1. The molecule has 1 unspecified atom stereocenters. The van der Waals surface area contributed by atoms with Crippen molar-refractivity contribution in [3.05, 3.63) is 53.1 Å². The molecule has 1 saturated heterocycles. The molecule has 182 valence electrons. The molecule has 7 heteroatoms.